The molecule has 2 saturated heterocycles. The lowest BCUT2D eigenvalue weighted by Gasteiger charge is -2.20. The highest BCUT2D eigenvalue weighted by Gasteiger charge is 2.35. The molecule has 2 aliphatic rings. The summed E-state index contributed by atoms with van der Waals surface area (Å²) in [7, 11) is 3.69. The Morgan fingerprint density at radius 1 is 1.36 bits per heavy atom. The molecular weight excluding hydrogens is 280 g/mol. The fourth-order valence-corrected chi connectivity index (χ4v) is 3.65. The Bertz CT molecular complexity index is 510. The number of hydrogen-bond donors (Lipinski definition) is 0. The number of aromatic nitrogens is 2. The maximum atomic E-state index is 12.4. The maximum absolute atomic E-state index is 12.4. The molecule has 1 aromatic heterocycles. The third kappa shape index (κ3) is 3.50. The molecule has 1 amide bonds. The van der Waals surface area contributed by atoms with E-state index < -0.39 is 0 Å². The molecule has 0 aliphatic carbocycles. The van der Waals surface area contributed by atoms with Gasteiger partial charge in [-0.2, -0.15) is 5.10 Å². The van der Waals surface area contributed by atoms with E-state index in [4.69, 9.17) is 4.74 Å². The highest BCUT2D eigenvalue weighted by atomic mass is 16.5. The average Bonchev–Trinajstić information content (AvgIpc) is 3.21. The molecule has 1 aromatic rings. The first-order valence-corrected chi connectivity index (χ1v) is 8.16. The largest absolute Gasteiger partial charge is 0.380 e. The van der Waals surface area contributed by atoms with Crippen LogP contribution in [0.3, 0.4) is 0 Å². The van der Waals surface area contributed by atoms with E-state index in [9.17, 15) is 4.79 Å². The molecule has 0 unspecified atom stereocenters. The lowest BCUT2D eigenvalue weighted by atomic mass is 10.0. The van der Waals surface area contributed by atoms with Gasteiger partial charge in [-0.3, -0.25) is 14.4 Å². The molecule has 0 saturated carbocycles. The molecule has 0 aromatic carbocycles. The van der Waals surface area contributed by atoms with Crippen LogP contribution < -0.4 is 0 Å². The van der Waals surface area contributed by atoms with Crippen molar-refractivity contribution >= 4 is 5.91 Å². The molecule has 3 rings (SSSR count). The molecule has 2 fully saturated rings. The zero-order chi connectivity index (χ0) is 15.5. The molecule has 122 valence electrons. The van der Waals surface area contributed by atoms with Gasteiger partial charge in [-0.05, 0) is 12.8 Å². The predicted molar refractivity (Wildman–Crippen MR) is 83.2 cm³/mol. The number of carbonyl (C=O) groups excluding carboxylic acids is 1. The maximum Gasteiger partial charge on any atom is 0.222 e. The fourth-order valence-electron chi connectivity index (χ4n) is 3.65. The molecule has 2 atom stereocenters. The summed E-state index contributed by atoms with van der Waals surface area (Å²) in [4.78, 5) is 16.7. The highest BCUT2D eigenvalue weighted by Crippen LogP contribution is 2.25. The summed E-state index contributed by atoms with van der Waals surface area (Å²) >= 11 is 0. The zero-order valence-electron chi connectivity index (χ0n) is 13.6. The van der Waals surface area contributed by atoms with Gasteiger partial charge in [0.05, 0.1) is 12.3 Å². The Hall–Kier alpha value is -1.40. The first-order chi connectivity index (χ1) is 10.7. The highest BCUT2D eigenvalue weighted by molar-refractivity contribution is 5.76. The van der Waals surface area contributed by atoms with Gasteiger partial charge in [-0.15, -0.1) is 0 Å². The summed E-state index contributed by atoms with van der Waals surface area (Å²) in [5.74, 6) is 0.600. The molecule has 0 bridgehead atoms. The first-order valence-electron chi connectivity index (χ1n) is 8.16. The van der Waals surface area contributed by atoms with Crippen molar-refractivity contribution in [1.29, 1.82) is 0 Å². The van der Waals surface area contributed by atoms with Gasteiger partial charge in [0.2, 0.25) is 5.91 Å². The van der Waals surface area contributed by atoms with Crippen LogP contribution in [-0.2, 0) is 23.1 Å². The van der Waals surface area contributed by atoms with E-state index in [-0.39, 0.29) is 6.10 Å². The number of aryl methyl sites for hydroxylation is 1. The lowest BCUT2D eigenvalue weighted by Crippen LogP contribution is -2.32. The molecular formula is C16H26N4O2. The van der Waals surface area contributed by atoms with E-state index in [0.29, 0.717) is 18.2 Å². The van der Waals surface area contributed by atoms with Crippen molar-refractivity contribution in [2.24, 2.45) is 13.0 Å². The predicted octanol–water partition coefficient (Wildman–Crippen LogP) is 0.879. The summed E-state index contributed by atoms with van der Waals surface area (Å²) in [5, 5.41) is 4.22. The van der Waals surface area contributed by atoms with Gasteiger partial charge in [0.1, 0.15) is 0 Å². The molecule has 3 heterocycles. The van der Waals surface area contributed by atoms with Crippen LogP contribution in [0.1, 0.15) is 24.8 Å². The van der Waals surface area contributed by atoms with Crippen LogP contribution in [-0.4, -0.2) is 64.9 Å². The zero-order valence-corrected chi connectivity index (χ0v) is 13.6. The number of nitrogens with zero attached hydrogens (tertiary/aromatic N) is 4. The van der Waals surface area contributed by atoms with E-state index in [0.717, 1.165) is 45.6 Å². The molecule has 0 spiro atoms. The van der Waals surface area contributed by atoms with Crippen LogP contribution in [0.5, 0.6) is 0 Å². The standard InChI is InChI=1S/C16H26N4O2/c1-18-9-13(8-17-18)10-19-11-14(15(12-19)22-2)7-16(21)20-5-3-4-6-20/h8-9,14-15H,3-7,10-12H2,1-2H3/t14-,15-/m0/s1. The molecule has 0 N–H and O–H groups in total. The molecule has 22 heavy (non-hydrogen) atoms. The van der Waals surface area contributed by atoms with E-state index >= 15 is 0 Å². The van der Waals surface area contributed by atoms with Gasteiger partial charge in [-0.25, -0.2) is 0 Å². The normalized spacial score (nSPS) is 26.0. The number of ether oxygens (including phenoxy) is 1. The Labute approximate surface area is 132 Å². The van der Waals surface area contributed by atoms with Crippen LogP contribution in [0.15, 0.2) is 12.4 Å². The quantitative estimate of drug-likeness (QED) is 0.810. The second-order valence-corrected chi connectivity index (χ2v) is 6.54. The minimum Gasteiger partial charge on any atom is -0.380 e. The SMILES string of the molecule is CO[C@H]1CN(Cc2cnn(C)c2)C[C@@H]1CC(=O)N1CCCC1. The Kier molecular flexibility index (Phi) is 4.78. The molecule has 0 radical (unpaired) electrons. The number of rotatable bonds is 5. The van der Waals surface area contributed by atoms with Gasteiger partial charge in [0, 0.05) is 71.0 Å². The monoisotopic (exact) mass is 306 g/mol. The third-order valence-corrected chi connectivity index (χ3v) is 4.82. The number of likely N-dealkylation sites (tertiary alicyclic amines) is 2. The number of carbonyl (C=O) groups is 1. The van der Waals surface area contributed by atoms with Crippen LogP contribution >= 0.6 is 0 Å². The average molecular weight is 306 g/mol. The van der Waals surface area contributed by atoms with Gasteiger partial charge >= 0.3 is 0 Å². The van der Waals surface area contributed by atoms with Crippen molar-refractivity contribution in [2.45, 2.75) is 31.9 Å². The van der Waals surface area contributed by atoms with Crippen molar-refractivity contribution in [3.8, 4) is 0 Å². The number of methoxy groups -OCH3 is 1. The van der Waals surface area contributed by atoms with E-state index in [2.05, 4.69) is 10.00 Å². The van der Waals surface area contributed by atoms with Gasteiger partial charge in [0.25, 0.3) is 0 Å². The van der Waals surface area contributed by atoms with Crippen molar-refractivity contribution in [1.82, 2.24) is 19.6 Å². The lowest BCUT2D eigenvalue weighted by molar-refractivity contribution is -0.131. The molecule has 6 nitrogen and oxygen atoms in total. The summed E-state index contributed by atoms with van der Waals surface area (Å²) in [6.45, 7) is 4.56. The van der Waals surface area contributed by atoms with E-state index in [1.165, 1.54) is 5.56 Å². The Morgan fingerprint density at radius 3 is 2.77 bits per heavy atom. The first kappa shape index (κ1) is 15.5. The summed E-state index contributed by atoms with van der Waals surface area (Å²) in [5.41, 5.74) is 1.21. The Morgan fingerprint density at radius 2 is 2.14 bits per heavy atom. The summed E-state index contributed by atoms with van der Waals surface area (Å²) in [6, 6.07) is 0. The van der Waals surface area contributed by atoms with Crippen LogP contribution in [0.4, 0.5) is 0 Å². The number of hydrogen-bond acceptors (Lipinski definition) is 4. The summed E-state index contributed by atoms with van der Waals surface area (Å²) < 4.78 is 7.45. The van der Waals surface area contributed by atoms with Crippen molar-refractivity contribution in [3.05, 3.63) is 18.0 Å². The minimum absolute atomic E-state index is 0.156. The van der Waals surface area contributed by atoms with E-state index in [1.807, 2.05) is 29.0 Å². The van der Waals surface area contributed by atoms with Gasteiger partial charge in [-0.1, -0.05) is 0 Å². The van der Waals surface area contributed by atoms with Crippen LogP contribution in [0.2, 0.25) is 0 Å². The smallest absolute Gasteiger partial charge is 0.222 e. The topological polar surface area (TPSA) is 50.6 Å². The second kappa shape index (κ2) is 6.79. The van der Waals surface area contributed by atoms with Crippen molar-refractivity contribution < 1.29 is 9.53 Å². The summed E-state index contributed by atoms with van der Waals surface area (Å²) in [6.07, 6.45) is 7.02. The van der Waals surface area contributed by atoms with Crippen molar-refractivity contribution in [2.75, 3.05) is 33.3 Å². The second-order valence-electron chi connectivity index (χ2n) is 6.54. The molecule has 2 aliphatic heterocycles. The van der Waals surface area contributed by atoms with Gasteiger partial charge in [0.15, 0.2) is 0 Å². The molecule has 6 heteroatoms. The van der Waals surface area contributed by atoms with Crippen molar-refractivity contribution in [3.63, 3.8) is 0 Å². The van der Waals surface area contributed by atoms with Crippen LogP contribution in [0.25, 0.3) is 0 Å². The Balaban J connectivity index is 1.55. The van der Waals surface area contributed by atoms with Gasteiger partial charge < -0.3 is 9.64 Å². The third-order valence-electron chi connectivity index (χ3n) is 4.82. The number of amides is 1. The minimum atomic E-state index is 0.156. The van der Waals surface area contributed by atoms with E-state index in [1.54, 1.807) is 7.11 Å². The fraction of sp³-hybridized carbons (Fsp3) is 0.750. The van der Waals surface area contributed by atoms with Crippen LogP contribution in [0, 0.1) is 5.92 Å².